The summed E-state index contributed by atoms with van der Waals surface area (Å²) < 4.78 is 1.14. The highest BCUT2D eigenvalue weighted by atomic mass is 79.9. The molecule has 8 aromatic rings. The maximum atomic E-state index is 3.83. The maximum Gasteiger partial charge on any atom is 0.0545 e. The zero-order chi connectivity index (χ0) is 26.0. The third kappa shape index (κ3) is 2.70. The highest BCUT2D eigenvalue weighted by molar-refractivity contribution is 9.10. The van der Waals surface area contributed by atoms with Crippen LogP contribution in [0, 0.1) is 0 Å². The first-order valence-corrected chi connectivity index (χ1v) is 14.4. The van der Waals surface area contributed by atoms with Gasteiger partial charge in [-0.05, 0) is 84.6 Å². The van der Waals surface area contributed by atoms with Gasteiger partial charge in [-0.3, -0.25) is 0 Å². The van der Waals surface area contributed by atoms with Crippen LogP contribution in [0.4, 0.5) is 0 Å². The predicted molar refractivity (Wildman–Crippen MR) is 170 cm³/mol. The van der Waals surface area contributed by atoms with E-state index in [1.54, 1.807) is 0 Å². The Bertz CT molecular complexity index is 2320. The SMILES string of the molecule is CC1(C)c2ccccc2-c2ccc(-c3cccc4[nH]c5c(cc6ccc7ccc(Br)c8ccc5c6c78)c34)cc21. The molecule has 1 aliphatic carbocycles. The zero-order valence-electron chi connectivity index (χ0n) is 21.7. The first kappa shape index (κ1) is 21.8. The van der Waals surface area contributed by atoms with Crippen LogP contribution in [-0.4, -0.2) is 4.98 Å². The minimum atomic E-state index is -0.0196. The molecule has 0 bridgehead atoms. The molecule has 1 aliphatic rings. The van der Waals surface area contributed by atoms with Crippen molar-refractivity contribution in [2.75, 3.05) is 0 Å². The molecular weight excluding hydrogens is 538 g/mol. The van der Waals surface area contributed by atoms with E-state index in [-0.39, 0.29) is 5.41 Å². The third-order valence-corrected chi connectivity index (χ3v) is 9.91. The lowest BCUT2D eigenvalue weighted by Gasteiger charge is -2.22. The number of halogens is 1. The van der Waals surface area contributed by atoms with Crippen LogP contribution < -0.4 is 0 Å². The topological polar surface area (TPSA) is 15.8 Å². The molecule has 9 rings (SSSR count). The van der Waals surface area contributed by atoms with E-state index in [1.807, 2.05) is 0 Å². The molecule has 0 spiro atoms. The van der Waals surface area contributed by atoms with Gasteiger partial charge in [-0.1, -0.05) is 109 Å². The number of hydrogen-bond donors (Lipinski definition) is 1. The number of aromatic nitrogens is 1. The van der Waals surface area contributed by atoms with Crippen LogP contribution >= 0.6 is 15.9 Å². The second kappa shape index (κ2) is 7.28. The molecule has 0 fully saturated rings. The van der Waals surface area contributed by atoms with E-state index in [9.17, 15) is 0 Å². The monoisotopic (exact) mass is 561 g/mol. The Morgan fingerprint density at radius 2 is 1.31 bits per heavy atom. The quantitative estimate of drug-likeness (QED) is 0.192. The summed E-state index contributed by atoms with van der Waals surface area (Å²) in [6.45, 7) is 4.71. The van der Waals surface area contributed by atoms with Crippen molar-refractivity contribution in [2.24, 2.45) is 0 Å². The average molecular weight is 563 g/mol. The van der Waals surface area contributed by atoms with Gasteiger partial charge in [0.05, 0.1) is 5.52 Å². The Balaban J connectivity index is 1.35. The van der Waals surface area contributed by atoms with Gasteiger partial charge in [0.2, 0.25) is 0 Å². The molecular formula is C37H24BrN. The lowest BCUT2D eigenvalue weighted by Crippen LogP contribution is -2.14. The van der Waals surface area contributed by atoms with Crippen molar-refractivity contribution < 1.29 is 0 Å². The van der Waals surface area contributed by atoms with Crippen molar-refractivity contribution in [1.29, 1.82) is 0 Å². The van der Waals surface area contributed by atoms with Crippen LogP contribution in [0.25, 0.3) is 76.4 Å². The van der Waals surface area contributed by atoms with Crippen LogP contribution in [-0.2, 0) is 5.41 Å². The van der Waals surface area contributed by atoms with Gasteiger partial charge in [0.25, 0.3) is 0 Å². The van der Waals surface area contributed by atoms with E-state index < -0.39 is 0 Å². The van der Waals surface area contributed by atoms with Gasteiger partial charge in [-0.25, -0.2) is 0 Å². The minimum absolute atomic E-state index is 0.0196. The molecule has 2 heteroatoms. The summed E-state index contributed by atoms with van der Waals surface area (Å²) in [4.78, 5) is 3.83. The van der Waals surface area contributed by atoms with Gasteiger partial charge >= 0.3 is 0 Å². The van der Waals surface area contributed by atoms with Gasteiger partial charge in [0.15, 0.2) is 0 Å². The molecule has 0 unspecified atom stereocenters. The summed E-state index contributed by atoms with van der Waals surface area (Å²) >= 11 is 3.79. The van der Waals surface area contributed by atoms with E-state index in [4.69, 9.17) is 0 Å². The van der Waals surface area contributed by atoms with Crippen LogP contribution in [0.2, 0.25) is 0 Å². The second-order valence-corrected chi connectivity index (χ2v) is 12.4. The number of nitrogens with one attached hydrogen (secondary N) is 1. The number of rotatable bonds is 1. The Morgan fingerprint density at radius 1 is 0.564 bits per heavy atom. The number of aromatic amines is 1. The molecule has 1 N–H and O–H groups in total. The maximum absolute atomic E-state index is 3.83. The fraction of sp³-hybridized carbons (Fsp3) is 0.0811. The van der Waals surface area contributed by atoms with Crippen molar-refractivity contribution >= 4 is 70.1 Å². The molecule has 0 saturated heterocycles. The molecule has 1 nitrogen and oxygen atoms in total. The molecule has 0 radical (unpaired) electrons. The van der Waals surface area contributed by atoms with Crippen LogP contribution in [0.15, 0.2) is 108 Å². The fourth-order valence-electron chi connectivity index (χ4n) is 7.37. The van der Waals surface area contributed by atoms with Crippen LogP contribution in [0.3, 0.4) is 0 Å². The highest BCUT2D eigenvalue weighted by Gasteiger charge is 2.35. The van der Waals surface area contributed by atoms with Crippen molar-refractivity contribution in [2.45, 2.75) is 19.3 Å². The van der Waals surface area contributed by atoms with Crippen molar-refractivity contribution in [1.82, 2.24) is 4.98 Å². The number of H-pyrrole nitrogens is 1. The van der Waals surface area contributed by atoms with Crippen molar-refractivity contribution in [3.63, 3.8) is 0 Å². The Morgan fingerprint density at radius 3 is 2.23 bits per heavy atom. The molecule has 0 saturated carbocycles. The Labute approximate surface area is 234 Å². The average Bonchev–Trinajstić information content (AvgIpc) is 3.45. The molecule has 1 heterocycles. The molecule has 39 heavy (non-hydrogen) atoms. The van der Waals surface area contributed by atoms with Gasteiger partial charge in [0, 0.05) is 31.6 Å². The van der Waals surface area contributed by atoms with Crippen molar-refractivity contribution in [3.05, 3.63) is 119 Å². The second-order valence-electron chi connectivity index (χ2n) is 11.6. The lowest BCUT2D eigenvalue weighted by atomic mass is 9.81. The van der Waals surface area contributed by atoms with E-state index >= 15 is 0 Å². The summed E-state index contributed by atoms with van der Waals surface area (Å²) in [5.74, 6) is 0. The number of fused-ring (bicyclic) bond motifs is 7. The summed E-state index contributed by atoms with van der Waals surface area (Å²) in [5, 5.41) is 10.4. The normalized spacial score (nSPS) is 14.2. The van der Waals surface area contributed by atoms with Crippen molar-refractivity contribution in [3.8, 4) is 22.3 Å². The van der Waals surface area contributed by atoms with E-state index in [0.29, 0.717) is 0 Å². The lowest BCUT2D eigenvalue weighted by molar-refractivity contribution is 0.660. The van der Waals surface area contributed by atoms with Gasteiger partial charge < -0.3 is 4.98 Å². The molecule has 0 amide bonds. The largest absolute Gasteiger partial charge is 0.354 e. The standard InChI is InChI=1S/C37H24BrN/c1-37(2)29-8-4-3-6-24(29)25-14-12-21(19-30(25)37)23-7-5-9-32-35(23)28-18-22-11-10-20-13-17-31(38)26-15-16-27(36(28)39-32)34(22)33(20)26/h3-19,39H,1-2H3. The number of benzene rings is 7. The summed E-state index contributed by atoms with van der Waals surface area (Å²) in [6, 6.07) is 38.5. The first-order chi connectivity index (χ1) is 19.0. The first-order valence-electron chi connectivity index (χ1n) is 13.6. The Kier molecular flexibility index (Phi) is 4.06. The highest BCUT2D eigenvalue weighted by Crippen LogP contribution is 2.50. The van der Waals surface area contributed by atoms with E-state index in [1.165, 1.54) is 87.5 Å². The van der Waals surface area contributed by atoms with Gasteiger partial charge in [0.1, 0.15) is 0 Å². The van der Waals surface area contributed by atoms with E-state index in [2.05, 4.69) is 138 Å². The van der Waals surface area contributed by atoms with E-state index in [0.717, 1.165) is 4.47 Å². The summed E-state index contributed by atoms with van der Waals surface area (Å²) in [5.41, 5.74) is 10.5. The third-order valence-electron chi connectivity index (χ3n) is 9.22. The smallest absolute Gasteiger partial charge is 0.0545 e. The number of hydrogen-bond acceptors (Lipinski definition) is 0. The minimum Gasteiger partial charge on any atom is -0.354 e. The van der Waals surface area contributed by atoms with Gasteiger partial charge in [-0.2, -0.15) is 0 Å². The van der Waals surface area contributed by atoms with Gasteiger partial charge in [-0.15, -0.1) is 0 Å². The molecule has 0 aliphatic heterocycles. The molecule has 0 atom stereocenters. The zero-order valence-corrected chi connectivity index (χ0v) is 23.3. The molecule has 7 aromatic carbocycles. The Hall–Kier alpha value is -4.14. The summed E-state index contributed by atoms with van der Waals surface area (Å²) in [7, 11) is 0. The fourth-order valence-corrected chi connectivity index (χ4v) is 7.83. The van der Waals surface area contributed by atoms with Crippen LogP contribution in [0.5, 0.6) is 0 Å². The van der Waals surface area contributed by atoms with Crippen LogP contribution in [0.1, 0.15) is 25.0 Å². The molecule has 1 aromatic heterocycles. The predicted octanol–water partition coefficient (Wildman–Crippen LogP) is 11.0. The molecule has 184 valence electrons. The summed E-state index contributed by atoms with van der Waals surface area (Å²) in [6.07, 6.45) is 0.